The van der Waals surface area contributed by atoms with Gasteiger partial charge in [-0.25, -0.2) is 0 Å². The van der Waals surface area contributed by atoms with Gasteiger partial charge in [-0.2, -0.15) is 0 Å². The van der Waals surface area contributed by atoms with Gasteiger partial charge < -0.3 is 5.73 Å². The van der Waals surface area contributed by atoms with Crippen molar-refractivity contribution in [1.29, 1.82) is 0 Å². The van der Waals surface area contributed by atoms with Crippen molar-refractivity contribution in [2.75, 3.05) is 13.6 Å². The van der Waals surface area contributed by atoms with Crippen LogP contribution in [-0.2, 0) is 0 Å². The smallest absolute Gasteiger partial charge is 0.0485 e. The summed E-state index contributed by atoms with van der Waals surface area (Å²) in [6.45, 7) is 4.95. The Hall–Kier alpha value is -0.0900. The Morgan fingerprint density at radius 1 is 1.47 bits per heavy atom. The summed E-state index contributed by atoms with van der Waals surface area (Å²) in [4.78, 5) is 2.29. The van der Waals surface area contributed by atoms with Gasteiger partial charge in [-0.05, 0) is 44.2 Å². The molecule has 2 nitrogen and oxygen atoms in total. The molecule has 0 bridgehead atoms. The summed E-state index contributed by atoms with van der Waals surface area (Å²) in [6.07, 6.45) is 1.10. The van der Waals surface area contributed by atoms with Crippen LogP contribution in [-0.4, -0.2) is 24.5 Å². The Kier molecular flexibility index (Phi) is 5.93. The van der Waals surface area contributed by atoms with Gasteiger partial charge in [0.25, 0.3) is 0 Å². The molecule has 17 heavy (non-hydrogen) atoms. The van der Waals surface area contributed by atoms with E-state index in [4.69, 9.17) is 17.3 Å². The van der Waals surface area contributed by atoms with Crippen LogP contribution >= 0.6 is 27.5 Å². The number of hydrogen-bond acceptors (Lipinski definition) is 2. The minimum atomic E-state index is 0.162. The molecule has 1 rings (SSSR count). The third-order valence-corrected chi connectivity index (χ3v) is 4.16. The summed E-state index contributed by atoms with van der Waals surface area (Å²) < 4.78 is 1.04. The van der Waals surface area contributed by atoms with E-state index >= 15 is 0 Å². The predicted molar refractivity (Wildman–Crippen MR) is 78.5 cm³/mol. The highest BCUT2D eigenvalue weighted by Crippen LogP contribution is 2.30. The molecule has 0 aliphatic rings. The molecule has 2 N–H and O–H groups in total. The van der Waals surface area contributed by atoms with Gasteiger partial charge in [-0.1, -0.05) is 34.5 Å². The zero-order valence-electron chi connectivity index (χ0n) is 10.6. The van der Waals surface area contributed by atoms with Crippen LogP contribution in [0.1, 0.15) is 31.9 Å². The number of halogens is 2. The Labute approximate surface area is 117 Å². The first-order chi connectivity index (χ1) is 8.01. The monoisotopic (exact) mass is 318 g/mol. The number of benzene rings is 1. The fourth-order valence-electron chi connectivity index (χ4n) is 1.88. The molecule has 0 aromatic heterocycles. The highest BCUT2D eigenvalue weighted by molar-refractivity contribution is 9.10. The maximum absolute atomic E-state index is 6.26. The normalized spacial score (nSPS) is 15.0. The van der Waals surface area contributed by atoms with E-state index in [1.54, 1.807) is 0 Å². The maximum atomic E-state index is 6.26. The van der Waals surface area contributed by atoms with Crippen LogP contribution in [0.3, 0.4) is 0 Å². The van der Waals surface area contributed by atoms with Gasteiger partial charge in [0, 0.05) is 28.1 Å². The van der Waals surface area contributed by atoms with Crippen molar-refractivity contribution in [2.45, 2.75) is 32.4 Å². The molecule has 1 aromatic rings. The minimum Gasteiger partial charge on any atom is -0.329 e. The van der Waals surface area contributed by atoms with E-state index in [0.717, 1.165) is 21.5 Å². The van der Waals surface area contributed by atoms with Crippen LogP contribution in [0.2, 0.25) is 5.02 Å². The van der Waals surface area contributed by atoms with Crippen LogP contribution in [0, 0.1) is 0 Å². The largest absolute Gasteiger partial charge is 0.329 e. The van der Waals surface area contributed by atoms with Crippen molar-refractivity contribution in [3.63, 3.8) is 0 Å². The molecule has 1 aromatic carbocycles. The number of likely N-dealkylation sites (N-methyl/N-ethyl adjacent to an activating group) is 1. The molecule has 0 heterocycles. The number of hydrogen-bond donors (Lipinski definition) is 1. The van der Waals surface area contributed by atoms with E-state index in [0.29, 0.717) is 12.6 Å². The Morgan fingerprint density at radius 3 is 2.65 bits per heavy atom. The summed E-state index contributed by atoms with van der Waals surface area (Å²) in [5.74, 6) is 0. The molecule has 0 aliphatic carbocycles. The molecule has 96 valence electrons. The quantitative estimate of drug-likeness (QED) is 0.893. The highest BCUT2D eigenvalue weighted by atomic mass is 79.9. The molecule has 4 heteroatoms. The zero-order valence-corrected chi connectivity index (χ0v) is 12.9. The molecular weight excluding hydrogens is 300 g/mol. The standard InChI is InChI=1S/C13H20BrClN2/c1-4-9(2)17(3)13(8-16)11-7-10(14)5-6-12(11)15/h5-7,9,13H,4,8,16H2,1-3H3. The average molecular weight is 320 g/mol. The molecule has 0 saturated heterocycles. The third kappa shape index (κ3) is 3.68. The molecule has 0 amide bonds. The van der Waals surface area contributed by atoms with Gasteiger partial charge in [-0.15, -0.1) is 0 Å². The second-order valence-electron chi connectivity index (χ2n) is 4.34. The van der Waals surface area contributed by atoms with Gasteiger partial charge in [-0.3, -0.25) is 4.90 Å². The average Bonchev–Trinajstić information content (AvgIpc) is 2.33. The first-order valence-corrected chi connectivity index (χ1v) is 7.05. The van der Waals surface area contributed by atoms with E-state index in [1.807, 2.05) is 12.1 Å². The lowest BCUT2D eigenvalue weighted by Crippen LogP contribution is -2.36. The van der Waals surface area contributed by atoms with Crippen LogP contribution in [0.25, 0.3) is 0 Å². The Balaban J connectivity index is 3.04. The fraction of sp³-hybridized carbons (Fsp3) is 0.538. The second kappa shape index (κ2) is 6.74. The zero-order chi connectivity index (χ0) is 13.0. The Morgan fingerprint density at radius 2 is 2.12 bits per heavy atom. The molecule has 0 fully saturated rings. The van der Waals surface area contributed by atoms with E-state index in [2.05, 4.69) is 47.8 Å². The van der Waals surface area contributed by atoms with Crippen LogP contribution in [0.15, 0.2) is 22.7 Å². The van der Waals surface area contributed by atoms with Crippen molar-refractivity contribution in [2.24, 2.45) is 5.73 Å². The van der Waals surface area contributed by atoms with Crippen molar-refractivity contribution in [3.05, 3.63) is 33.3 Å². The van der Waals surface area contributed by atoms with Crippen LogP contribution in [0.4, 0.5) is 0 Å². The highest BCUT2D eigenvalue weighted by Gasteiger charge is 2.21. The molecule has 0 aliphatic heterocycles. The third-order valence-electron chi connectivity index (χ3n) is 3.32. The molecule has 0 saturated carbocycles. The van der Waals surface area contributed by atoms with E-state index in [-0.39, 0.29) is 6.04 Å². The summed E-state index contributed by atoms with van der Waals surface area (Å²) in [5.41, 5.74) is 6.99. The second-order valence-corrected chi connectivity index (χ2v) is 5.66. The first kappa shape index (κ1) is 15.0. The SMILES string of the molecule is CCC(C)N(C)C(CN)c1cc(Br)ccc1Cl. The van der Waals surface area contributed by atoms with Crippen molar-refractivity contribution in [3.8, 4) is 0 Å². The number of nitrogens with zero attached hydrogens (tertiary/aromatic N) is 1. The Bertz CT molecular complexity index is 370. The van der Waals surface area contributed by atoms with Crippen molar-refractivity contribution < 1.29 is 0 Å². The number of rotatable bonds is 5. The van der Waals surface area contributed by atoms with Gasteiger partial charge in [0.05, 0.1) is 0 Å². The summed E-state index contributed by atoms with van der Waals surface area (Å²) >= 11 is 9.74. The van der Waals surface area contributed by atoms with E-state index < -0.39 is 0 Å². The lowest BCUT2D eigenvalue weighted by molar-refractivity contribution is 0.185. The fourth-order valence-corrected chi connectivity index (χ4v) is 2.50. The predicted octanol–water partition coefficient (Wildman–Crippen LogP) is 3.83. The summed E-state index contributed by atoms with van der Waals surface area (Å²) in [5, 5.41) is 0.777. The molecule has 2 unspecified atom stereocenters. The van der Waals surface area contributed by atoms with Crippen molar-refractivity contribution in [1.82, 2.24) is 4.90 Å². The van der Waals surface area contributed by atoms with Gasteiger partial charge >= 0.3 is 0 Å². The van der Waals surface area contributed by atoms with Crippen LogP contribution < -0.4 is 5.73 Å². The van der Waals surface area contributed by atoms with Crippen molar-refractivity contribution >= 4 is 27.5 Å². The van der Waals surface area contributed by atoms with Gasteiger partial charge in [0.15, 0.2) is 0 Å². The molecule has 0 spiro atoms. The first-order valence-electron chi connectivity index (χ1n) is 5.88. The summed E-state index contributed by atoms with van der Waals surface area (Å²) in [7, 11) is 2.10. The molecular formula is C13H20BrClN2. The van der Waals surface area contributed by atoms with Gasteiger partial charge in [0.1, 0.15) is 0 Å². The lowest BCUT2D eigenvalue weighted by Gasteiger charge is -2.32. The molecule has 0 radical (unpaired) electrons. The maximum Gasteiger partial charge on any atom is 0.0485 e. The molecule has 2 atom stereocenters. The van der Waals surface area contributed by atoms with Crippen LogP contribution in [0.5, 0.6) is 0 Å². The lowest BCUT2D eigenvalue weighted by atomic mass is 10.0. The van der Waals surface area contributed by atoms with E-state index in [1.165, 1.54) is 0 Å². The topological polar surface area (TPSA) is 29.3 Å². The minimum absolute atomic E-state index is 0.162. The van der Waals surface area contributed by atoms with E-state index in [9.17, 15) is 0 Å². The van der Waals surface area contributed by atoms with Gasteiger partial charge in [0.2, 0.25) is 0 Å². The number of nitrogens with two attached hydrogens (primary N) is 1. The summed E-state index contributed by atoms with van der Waals surface area (Å²) in [6, 6.07) is 6.56.